The topological polar surface area (TPSA) is 84.0 Å². The highest BCUT2D eigenvalue weighted by atomic mass is 16.6. The largest absolute Gasteiger partial charge is 0.376 e. The van der Waals surface area contributed by atoms with Gasteiger partial charge in [0.2, 0.25) is 5.82 Å². The number of hydrogen-bond donors (Lipinski definition) is 0. The van der Waals surface area contributed by atoms with Gasteiger partial charge in [0.1, 0.15) is 5.65 Å². The van der Waals surface area contributed by atoms with Crippen molar-refractivity contribution in [2.75, 3.05) is 24.5 Å². The van der Waals surface area contributed by atoms with Crippen LogP contribution in [0.4, 0.5) is 11.5 Å². The van der Waals surface area contributed by atoms with Gasteiger partial charge in [-0.3, -0.25) is 24.2 Å². The Morgan fingerprint density at radius 1 is 1.19 bits per heavy atom. The Bertz CT molecular complexity index is 888. The molecule has 1 atom stereocenters. The van der Waals surface area contributed by atoms with Gasteiger partial charge in [-0.15, -0.1) is 0 Å². The summed E-state index contributed by atoms with van der Waals surface area (Å²) in [4.78, 5) is 32.5. The Kier molecular flexibility index (Phi) is 4.36. The van der Waals surface area contributed by atoms with E-state index in [9.17, 15) is 14.9 Å². The van der Waals surface area contributed by atoms with Gasteiger partial charge in [-0.2, -0.15) is 0 Å². The molecule has 4 heterocycles. The SMILES string of the molecule is CC1CCCN1C1CCN(c2nc3ccccn3c(=O)c2[N+](=O)[O-])CC1. The van der Waals surface area contributed by atoms with Crippen molar-refractivity contribution in [3.63, 3.8) is 0 Å². The van der Waals surface area contributed by atoms with Crippen molar-refractivity contribution < 1.29 is 4.92 Å². The molecule has 0 amide bonds. The zero-order valence-electron chi connectivity index (χ0n) is 14.9. The molecule has 4 rings (SSSR count). The summed E-state index contributed by atoms with van der Waals surface area (Å²) in [7, 11) is 0. The normalized spacial score (nSPS) is 22.2. The van der Waals surface area contributed by atoms with Crippen molar-refractivity contribution in [3.05, 3.63) is 44.9 Å². The predicted molar refractivity (Wildman–Crippen MR) is 98.8 cm³/mol. The quantitative estimate of drug-likeness (QED) is 0.617. The summed E-state index contributed by atoms with van der Waals surface area (Å²) >= 11 is 0. The second-order valence-corrected chi connectivity index (χ2v) is 7.22. The zero-order valence-corrected chi connectivity index (χ0v) is 14.9. The summed E-state index contributed by atoms with van der Waals surface area (Å²) in [6.07, 6.45) is 5.89. The van der Waals surface area contributed by atoms with Crippen LogP contribution in [0.25, 0.3) is 5.65 Å². The van der Waals surface area contributed by atoms with Crippen LogP contribution >= 0.6 is 0 Å². The summed E-state index contributed by atoms with van der Waals surface area (Å²) < 4.78 is 1.24. The molecule has 0 aliphatic carbocycles. The van der Waals surface area contributed by atoms with E-state index in [1.807, 2.05) is 4.90 Å². The predicted octanol–water partition coefficient (Wildman–Crippen LogP) is 2.06. The number of fused-ring (bicyclic) bond motifs is 1. The number of likely N-dealkylation sites (tertiary alicyclic amines) is 1. The fraction of sp³-hybridized carbons (Fsp3) is 0.556. The molecule has 2 saturated heterocycles. The van der Waals surface area contributed by atoms with Crippen LogP contribution in [0.2, 0.25) is 0 Å². The molecule has 2 fully saturated rings. The zero-order chi connectivity index (χ0) is 18.3. The third kappa shape index (κ3) is 2.84. The lowest BCUT2D eigenvalue weighted by Gasteiger charge is -2.38. The highest BCUT2D eigenvalue weighted by molar-refractivity contribution is 5.61. The van der Waals surface area contributed by atoms with Crippen molar-refractivity contribution in [1.29, 1.82) is 0 Å². The third-order valence-corrected chi connectivity index (χ3v) is 5.71. The lowest BCUT2D eigenvalue weighted by atomic mass is 10.0. The first-order valence-corrected chi connectivity index (χ1v) is 9.22. The van der Waals surface area contributed by atoms with Gasteiger partial charge in [-0.05, 0) is 51.3 Å². The molecule has 1 unspecified atom stereocenters. The molecule has 0 bridgehead atoms. The van der Waals surface area contributed by atoms with Gasteiger partial charge in [-0.25, -0.2) is 4.98 Å². The van der Waals surface area contributed by atoms with Crippen LogP contribution in [0.1, 0.15) is 32.6 Å². The number of pyridine rings is 1. The molecular weight excluding hydrogens is 334 g/mol. The Hall–Kier alpha value is -2.48. The molecule has 8 heteroatoms. The highest BCUT2D eigenvalue weighted by Gasteiger charge is 2.34. The minimum Gasteiger partial charge on any atom is -0.351 e. The fourth-order valence-electron chi connectivity index (χ4n) is 4.36. The van der Waals surface area contributed by atoms with Gasteiger partial charge in [0.15, 0.2) is 0 Å². The number of hydrogen-bond acceptors (Lipinski definition) is 6. The highest BCUT2D eigenvalue weighted by Crippen LogP contribution is 2.30. The van der Waals surface area contributed by atoms with Crippen molar-refractivity contribution in [1.82, 2.24) is 14.3 Å². The van der Waals surface area contributed by atoms with E-state index >= 15 is 0 Å². The standard InChI is InChI=1S/C18H23N5O3/c1-13-5-4-10-21(13)14-7-11-20(12-8-14)17-16(23(25)26)18(24)22-9-3-2-6-15(22)19-17/h2-3,6,9,13-14H,4-5,7-8,10-12H2,1H3. The van der Waals surface area contributed by atoms with E-state index in [1.54, 1.807) is 18.2 Å². The number of piperidine rings is 1. The molecule has 0 N–H and O–H groups in total. The molecule has 2 aromatic heterocycles. The molecule has 2 aromatic rings. The molecular formula is C18H23N5O3. The number of rotatable bonds is 3. The Labute approximate surface area is 151 Å². The average molecular weight is 357 g/mol. The van der Waals surface area contributed by atoms with Crippen LogP contribution in [-0.4, -0.2) is 50.9 Å². The lowest BCUT2D eigenvalue weighted by molar-refractivity contribution is -0.385. The van der Waals surface area contributed by atoms with Gasteiger partial charge in [-0.1, -0.05) is 6.07 Å². The first-order valence-electron chi connectivity index (χ1n) is 9.22. The van der Waals surface area contributed by atoms with Crippen molar-refractivity contribution >= 4 is 17.2 Å². The Morgan fingerprint density at radius 3 is 2.62 bits per heavy atom. The molecule has 2 aliphatic rings. The van der Waals surface area contributed by atoms with Gasteiger partial charge >= 0.3 is 11.2 Å². The first-order chi connectivity index (χ1) is 12.6. The van der Waals surface area contributed by atoms with Crippen LogP contribution in [0.5, 0.6) is 0 Å². The average Bonchev–Trinajstić information content (AvgIpc) is 3.07. The molecule has 0 spiro atoms. The molecule has 26 heavy (non-hydrogen) atoms. The van der Waals surface area contributed by atoms with E-state index in [0.717, 1.165) is 19.4 Å². The fourth-order valence-corrected chi connectivity index (χ4v) is 4.36. The maximum atomic E-state index is 12.6. The molecule has 8 nitrogen and oxygen atoms in total. The molecule has 0 radical (unpaired) electrons. The number of nitrogens with zero attached hydrogens (tertiary/aromatic N) is 5. The molecule has 2 aliphatic heterocycles. The minimum absolute atomic E-state index is 0.208. The van der Waals surface area contributed by atoms with E-state index in [2.05, 4.69) is 16.8 Å². The van der Waals surface area contributed by atoms with Gasteiger partial charge < -0.3 is 4.90 Å². The molecule has 0 aromatic carbocycles. The van der Waals surface area contributed by atoms with Crippen LogP contribution in [-0.2, 0) is 0 Å². The number of nitro groups is 1. The molecule has 0 saturated carbocycles. The van der Waals surface area contributed by atoms with Gasteiger partial charge in [0.05, 0.1) is 4.92 Å². The Morgan fingerprint density at radius 2 is 1.96 bits per heavy atom. The summed E-state index contributed by atoms with van der Waals surface area (Å²) in [5, 5.41) is 11.6. The monoisotopic (exact) mass is 357 g/mol. The van der Waals surface area contributed by atoms with Crippen LogP contribution in [0.3, 0.4) is 0 Å². The van der Waals surface area contributed by atoms with E-state index < -0.39 is 16.2 Å². The maximum absolute atomic E-state index is 12.6. The Balaban J connectivity index is 1.64. The van der Waals surface area contributed by atoms with Crippen molar-refractivity contribution in [2.24, 2.45) is 0 Å². The minimum atomic E-state index is -0.620. The van der Waals surface area contributed by atoms with Gasteiger partial charge in [0, 0.05) is 31.4 Å². The molecule has 138 valence electrons. The van der Waals surface area contributed by atoms with E-state index in [-0.39, 0.29) is 5.82 Å². The third-order valence-electron chi connectivity index (χ3n) is 5.71. The summed E-state index contributed by atoms with van der Waals surface area (Å²) in [5.74, 6) is 0.208. The summed E-state index contributed by atoms with van der Waals surface area (Å²) in [6, 6.07) is 6.28. The van der Waals surface area contributed by atoms with E-state index in [4.69, 9.17) is 0 Å². The van der Waals surface area contributed by atoms with Gasteiger partial charge in [0.25, 0.3) is 0 Å². The first kappa shape index (κ1) is 17.0. The second-order valence-electron chi connectivity index (χ2n) is 7.22. The second kappa shape index (κ2) is 6.68. The summed E-state index contributed by atoms with van der Waals surface area (Å²) in [5.41, 5.74) is -0.610. The van der Waals surface area contributed by atoms with Crippen LogP contribution in [0.15, 0.2) is 29.2 Å². The van der Waals surface area contributed by atoms with Crippen molar-refractivity contribution in [3.8, 4) is 0 Å². The summed E-state index contributed by atoms with van der Waals surface area (Å²) in [6.45, 7) is 4.78. The number of anilines is 1. The van der Waals surface area contributed by atoms with E-state index in [1.165, 1.54) is 23.4 Å². The lowest BCUT2D eigenvalue weighted by Crippen LogP contribution is -2.46. The smallest absolute Gasteiger partial charge is 0.351 e. The van der Waals surface area contributed by atoms with Crippen LogP contribution < -0.4 is 10.5 Å². The maximum Gasteiger partial charge on any atom is 0.376 e. The van der Waals surface area contributed by atoms with Crippen molar-refractivity contribution in [2.45, 2.75) is 44.7 Å². The van der Waals surface area contributed by atoms with E-state index in [0.29, 0.717) is 30.8 Å². The van der Waals surface area contributed by atoms with Crippen LogP contribution in [0, 0.1) is 10.1 Å². The number of aromatic nitrogens is 2.